The summed E-state index contributed by atoms with van der Waals surface area (Å²) in [5, 5.41) is 0. The van der Waals surface area contributed by atoms with E-state index in [1.165, 1.54) is 25.7 Å². The van der Waals surface area contributed by atoms with Gasteiger partial charge in [-0.2, -0.15) is 0 Å². The highest BCUT2D eigenvalue weighted by atomic mass is 16.5. The molecule has 0 atom stereocenters. The number of hydrogen-bond acceptors (Lipinski definition) is 2. The summed E-state index contributed by atoms with van der Waals surface area (Å²) in [7, 11) is 0. The van der Waals surface area contributed by atoms with Gasteiger partial charge in [-0.3, -0.25) is 4.98 Å². The summed E-state index contributed by atoms with van der Waals surface area (Å²) in [5.74, 6) is 1.77. The first-order valence-electron chi connectivity index (χ1n) is 5.39. The highest BCUT2D eigenvalue weighted by molar-refractivity contribution is 5.28. The lowest BCUT2D eigenvalue weighted by Gasteiger charge is -2.12. The van der Waals surface area contributed by atoms with Crippen LogP contribution in [0.5, 0.6) is 5.75 Å². The van der Waals surface area contributed by atoms with E-state index >= 15 is 0 Å². The third-order valence-corrected chi connectivity index (χ3v) is 2.92. The minimum absolute atomic E-state index is 0.780. The smallest absolute Gasteiger partial charge is 0.125 e. The Kier molecular flexibility index (Phi) is 3.02. The number of rotatable bonds is 3. The van der Waals surface area contributed by atoms with Crippen molar-refractivity contribution < 1.29 is 4.74 Å². The Labute approximate surface area is 85.3 Å². The molecule has 1 heterocycles. The molecule has 2 rings (SSSR count). The van der Waals surface area contributed by atoms with Crippen LogP contribution in [-0.4, -0.2) is 11.6 Å². The summed E-state index contributed by atoms with van der Waals surface area (Å²) in [6, 6.07) is 1.95. The zero-order valence-corrected chi connectivity index (χ0v) is 8.70. The summed E-state index contributed by atoms with van der Waals surface area (Å²) < 4.78 is 5.78. The van der Waals surface area contributed by atoms with Gasteiger partial charge in [0.05, 0.1) is 6.61 Å². The van der Waals surface area contributed by atoms with Crippen molar-refractivity contribution in [2.24, 2.45) is 5.92 Å². The van der Waals surface area contributed by atoms with Crippen LogP contribution in [0.3, 0.4) is 0 Å². The van der Waals surface area contributed by atoms with E-state index in [0.29, 0.717) is 0 Å². The number of ether oxygens (including phenoxy) is 1. The van der Waals surface area contributed by atoms with Crippen LogP contribution < -0.4 is 4.74 Å². The molecule has 1 aromatic rings. The van der Waals surface area contributed by atoms with E-state index < -0.39 is 0 Å². The maximum Gasteiger partial charge on any atom is 0.125 e. The first-order valence-corrected chi connectivity index (χ1v) is 5.39. The molecule has 0 amide bonds. The molecule has 0 bridgehead atoms. The van der Waals surface area contributed by atoms with E-state index in [1.807, 2.05) is 19.2 Å². The molecular weight excluding hydrogens is 174 g/mol. The third-order valence-electron chi connectivity index (χ3n) is 2.92. The lowest BCUT2D eigenvalue weighted by Crippen LogP contribution is -2.08. The van der Waals surface area contributed by atoms with Crippen LogP contribution in [0, 0.1) is 12.8 Å². The fourth-order valence-electron chi connectivity index (χ4n) is 2.01. The van der Waals surface area contributed by atoms with Gasteiger partial charge in [0.1, 0.15) is 5.75 Å². The SMILES string of the molecule is Cc1cnccc1OCC1CCCC1. The predicted molar refractivity (Wildman–Crippen MR) is 56.4 cm³/mol. The van der Waals surface area contributed by atoms with Gasteiger partial charge in [0.15, 0.2) is 0 Å². The van der Waals surface area contributed by atoms with Crippen molar-refractivity contribution in [1.29, 1.82) is 0 Å². The molecule has 0 N–H and O–H groups in total. The summed E-state index contributed by atoms with van der Waals surface area (Å²) >= 11 is 0. The Morgan fingerprint density at radius 3 is 2.93 bits per heavy atom. The third kappa shape index (κ3) is 2.25. The Balaban J connectivity index is 1.88. The topological polar surface area (TPSA) is 22.1 Å². The summed E-state index contributed by atoms with van der Waals surface area (Å²) in [5.41, 5.74) is 1.13. The van der Waals surface area contributed by atoms with E-state index in [-0.39, 0.29) is 0 Å². The largest absolute Gasteiger partial charge is 0.493 e. The fraction of sp³-hybridized carbons (Fsp3) is 0.583. The summed E-state index contributed by atoms with van der Waals surface area (Å²) in [4.78, 5) is 4.04. The van der Waals surface area contributed by atoms with Crippen molar-refractivity contribution in [1.82, 2.24) is 4.98 Å². The number of aromatic nitrogens is 1. The average Bonchev–Trinajstić information content (AvgIpc) is 2.69. The second-order valence-electron chi connectivity index (χ2n) is 4.10. The molecule has 2 nitrogen and oxygen atoms in total. The van der Waals surface area contributed by atoms with Crippen molar-refractivity contribution in [3.05, 3.63) is 24.0 Å². The van der Waals surface area contributed by atoms with E-state index in [2.05, 4.69) is 4.98 Å². The van der Waals surface area contributed by atoms with Gasteiger partial charge >= 0.3 is 0 Å². The standard InChI is InChI=1S/C12H17NO/c1-10-8-13-7-6-12(10)14-9-11-4-2-3-5-11/h6-8,11H,2-5,9H2,1H3. The Morgan fingerprint density at radius 1 is 1.43 bits per heavy atom. The molecule has 0 radical (unpaired) electrons. The van der Waals surface area contributed by atoms with Gasteiger partial charge in [0.25, 0.3) is 0 Å². The molecule has 1 fully saturated rings. The number of aryl methyl sites for hydroxylation is 1. The molecule has 0 aliphatic heterocycles. The summed E-state index contributed by atoms with van der Waals surface area (Å²) in [6.07, 6.45) is 9.07. The van der Waals surface area contributed by atoms with E-state index in [0.717, 1.165) is 23.8 Å². The van der Waals surface area contributed by atoms with Gasteiger partial charge in [0, 0.05) is 18.0 Å². The van der Waals surface area contributed by atoms with Gasteiger partial charge in [-0.05, 0) is 31.7 Å². The van der Waals surface area contributed by atoms with Crippen LogP contribution in [0.2, 0.25) is 0 Å². The molecule has 2 heteroatoms. The van der Waals surface area contributed by atoms with Gasteiger partial charge < -0.3 is 4.74 Å². The minimum atomic E-state index is 0.780. The predicted octanol–water partition coefficient (Wildman–Crippen LogP) is 2.96. The van der Waals surface area contributed by atoms with Crippen molar-refractivity contribution >= 4 is 0 Å². The van der Waals surface area contributed by atoms with Crippen molar-refractivity contribution in [2.45, 2.75) is 32.6 Å². The highest BCUT2D eigenvalue weighted by Crippen LogP contribution is 2.26. The molecule has 0 spiro atoms. The normalized spacial score (nSPS) is 17.2. The maximum atomic E-state index is 5.78. The van der Waals surface area contributed by atoms with Crippen molar-refractivity contribution in [3.8, 4) is 5.75 Å². The highest BCUT2D eigenvalue weighted by Gasteiger charge is 2.15. The lowest BCUT2D eigenvalue weighted by atomic mass is 10.1. The summed E-state index contributed by atoms with van der Waals surface area (Å²) in [6.45, 7) is 2.92. The van der Waals surface area contributed by atoms with Crippen LogP contribution in [0.1, 0.15) is 31.2 Å². The number of hydrogen-bond donors (Lipinski definition) is 0. The number of nitrogens with zero attached hydrogens (tertiary/aromatic N) is 1. The first-order chi connectivity index (χ1) is 6.86. The molecule has 0 unspecified atom stereocenters. The second-order valence-corrected chi connectivity index (χ2v) is 4.10. The monoisotopic (exact) mass is 191 g/mol. The molecule has 1 aliphatic rings. The Hall–Kier alpha value is -1.05. The van der Waals surface area contributed by atoms with Crippen molar-refractivity contribution in [3.63, 3.8) is 0 Å². The van der Waals surface area contributed by atoms with E-state index in [1.54, 1.807) is 6.20 Å². The van der Waals surface area contributed by atoms with Crippen molar-refractivity contribution in [2.75, 3.05) is 6.61 Å². The van der Waals surface area contributed by atoms with Gasteiger partial charge in [-0.25, -0.2) is 0 Å². The van der Waals surface area contributed by atoms with Crippen LogP contribution >= 0.6 is 0 Å². The Bertz CT molecular complexity index is 292. The molecule has 76 valence electrons. The lowest BCUT2D eigenvalue weighted by molar-refractivity contribution is 0.250. The minimum Gasteiger partial charge on any atom is -0.493 e. The zero-order valence-electron chi connectivity index (χ0n) is 8.70. The first kappa shape index (κ1) is 9.50. The Morgan fingerprint density at radius 2 is 2.21 bits per heavy atom. The number of pyridine rings is 1. The van der Waals surface area contributed by atoms with Crippen LogP contribution in [0.15, 0.2) is 18.5 Å². The molecule has 1 saturated carbocycles. The molecule has 0 saturated heterocycles. The molecule has 1 aliphatic carbocycles. The van der Waals surface area contributed by atoms with Crippen LogP contribution in [0.4, 0.5) is 0 Å². The zero-order chi connectivity index (χ0) is 9.80. The van der Waals surface area contributed by atoms with Gasteiger partial charge in [-0.1, -0.05) is 12.8 Å². The molecule has 14 heavy (non-hydrogen) atoms. The average molecular weight is 191 g/mol. The molecular formula is C12H17NO. The van der Waals surface area contributed by atoms with E-state index in [9.17, 15) is 0 Å². The molecule has 0 aromatic carbocycles. The van der Waals surface area contributed by atoms with Crippen LogP contribution in [0.25, 0.3) is 0 Å². The van der Waals surface area contributed by atoms with Crippen LogP contribution in [-0.2, 0) is 0 Å². The fourth-order valence-corrected chi connectivity index (χ4v) is 2.01. The quantitative estimate of drug-likeness (QED) is 0.732. The van der Waals surface area contributed by atoms with Gasteiger partial charge in [0.2, 0.25) is 0 Å². The van der Waals surface area contributed by atoms with Gasteiger partial charge in [-0.15, -0.1) is 0 Å². The second kappa shape index (κ2) is 4.45. The maximum absolute atomic E-state index is 5.78. The molecule has 1 aromatic heterocycles. The van der Waals surface area contributed by atoms with E-state index in [4.69, 9.17) is 4.74 Å².